The number of benzene rings is 1. The number of hydrogen-bond donors (Lipinski definition) is 5. The van der Waals surface area contributed by atoms with E-state index in [-0.39, 0.29) is 36.4 Å². The van der Waals surface area contributed by atoms with E-state index in [0.29, 0.717) is 5.56 Å². The summed E-state index contributed by atoms with van der Waals surface area (Å²) >= 11 is 0. The van der Waals surface area contributed by atoms with Crippen molar-refractivity contribution in [3.8, 4) is 11.5 Å². The molecule has 0 radical (unpaired) electrons. The molecule has 0 aliphatic heterocycles. The zero-order valence-electron chi connectivity index (χ0n) is 12.1. The smallest absolute Gasteiger partial charge is 0.239 e. The Morgan fingerprint density at radius 2 is 1.90 bits per heavy atom. The van der Waals surface area contributed by atoms with Gasteiger partial charge in [0.1, 0.15) is 0 Å². The highest BCUT2D eigenvalue weighted by Gasteiger charge is 2.16. The largest absolute Gasteiger partial charge is 0.504 e. The van der Waals surface area contributed by atoms with Crippen molar-refractivity contribution >= 4 is 11.8 Å². The number of nitrogens with one attached hydrogen (secondary N) is 2. The molecule has 0 unspecified atom stereocenters. The van der Waals surface area contributed by atoms with Gasteiger partial charge in [-0.25, -0.2) is 0 Å². The van der Waals surface area contributed by atoms with Gasteiger partial charge in [-0.2, -0.15) is 0 Å². The minimum Gasteiger partial charge on any atom is -0.504 e. The Balaban J connectivity index is 2.47. The Morgan fingerprint density at radius 3 is 2.48 bits per heavy atom. The Labute approximate surface area is 123 Å². The molecule has 1 aromatic rings. The summed E-state index contributed by atoms with van der Waals surface area (Å²) in [5.74, 6) is -1.24. The van der Waals surface area contributed by atoms with Gasteiger partial charge in [0.05, 0.1) is 12.6 Å². The maximum absolute atomic E-state index is 11.8. The number of hydrogen-bond acceptors (Lipinski definition) is 5. The van der Waals surface area contributed by atoms with E-state index in [1.807, 2.05) is 13.8 Å². The molecule has 0 bridgehead atoms. The number of nitrogens with two attached hydrogens (primary N) is 1. The van der Waals surface area contributed by atoms with Crippen molar-refractivity contribution in [2.45, 2.75) is 32.4 Å². The summed E-state index contributed by atoms with van der Waals surface area (Å²) in [7, 11) is 0. The standard InChI is InChI=1S/C14H21N3O4/c1-8(2)17-13(20)7-16-14(21)10(15)5-9-3-4-11(18)12(19)6-9/h3-4,6,8,10,18-19H,5,7,15H2,1-2H3,(H,16,21)(H,17,20)/t10-/m0/s1. The fraction of sp³-hybridized carbons (Fsp3) is 0.429. The molecule has 6 N–H and O–H groups in total. The summed E-state index contributed by atoms with van der Waals surface area (Å²) < 4.78 is 0. The third-order valence-electron chi connectivity index (χ3n) is 2.71. The number of aromatic hydroxyl groups is 2. The highest BCUT2D eigenvalue weighted by Crippen LogP contribution is 2.25. The zero-order chi connectivity index (χ0) is 16.0. The van der Waals surface area contributed by atoms with Crippen LogP contribution in [0.25, 0.3) is 0 Å². The van der Waals surface area contributed by atoms with Gasteiger partial charge in [-0.05, 0) is 38.0 Å². The molecule has 0 spiro atoms. The summed E-state index contributed by atoms with van der Waals surface area (Å²) in [5, 5.41) is 23.7. The van der Waals surface area contributed by atoms with Gasteiger partial charge in [0.25, 0.3) is 0 Å². The van der Waals surface area contributed by atoms with Crippen molar-refractivity contribution in [3.05, 3.63) is 23.8 Å². The summed E-state index contributed by atoms with van der Waals surface area (Å²) in [6.07, 6.45) is 0.186. The molecule has 2 amide bonds. The highest BCUT2D eigenvalue weighted by atomic mass is 16.3. The molecule has 0 aliphatic carbocycles. The minimum atomic E-state index is -0.846. The molecular formula is C14H21N3O4. The predicted octanol–water partition coefficient (Wildman–Crippen LogP) is -0.392. The normalized spacial score (nSPS) is 12.0. The fourth-order valence-corrected chi connectivity index (χ4v) is 1.71. The van der Waals surface area contributed by atoms with E-state index in [9.17, 15) is 19.8 Å². The molecule has 116 valence electrons. The number of phenols is 2. The second-order valence-electron chi connectivity index (χ2n) is 5.07. The highest BCUT2D eigenvalue weighted by molar-refractivity contribution is 5.87. The topological polar surface area (TPSA) is 125 Å². The summed E-state index contributed by atoms with van der Waals surface area (Å²) in [5.41, 5.74) is 6.35. The first-order chi connectivity index (χ1) is 9.79. The van der Waals surface area contributed by atoms with Gasteiger partial charge in [-0.3, -0.25) is 9.59 Å². The van der Waals surface area contributed by atoms with Gasteiger partial charge in [0.15, 0.2) is 11.5 Å². The lowest BCUT2D eigenvalue weighted by Crippen LogP contribution is -2.46. The first-order valence-corrected chi connectivity index (χ1v) is 6.63. The average Bonchev–Trinajstić information content (AvgIpc) is 2.39. The molecule has 21 heavy (non-hydrogen) atoms. The summed E-state index contributed by atoms with van der Waals surface area (Å²) in [4.78, 5) is 23.2. The maximum Gasteiger partial charge on any atom is 0.239 e. The van der Waals surface area contributed by atoms with Crippen molar-refractivity contribution < 1.29 is 19.8 Å². The first kappa shape index (κ1) is 16.8. The van der Waals surface area contributed by atoms with Gasteiger partial charge in [0, 0.05) is 6.04 Å². The van der Waals surface area contributed by atoms with Crippen molar-refractivity contribution in [2.75, 3.05) is 6.54 Å². The fourth-order valence-electron chi connectivity index (χ4n) is 1.71. The quantitative estimate of drug-likeness (QED) is 0.457. The van der Waals surface area contributed by atoms with Crippen molar-refractivity contribution in [1.82, 2.24) is 10.6 Å². The van der Waals surface area contributed by atoms with Crippen LogP contribution in [0.15, 0.2) is 18.2 Å². The van der Waals surface area contributed by atoms with Crippen molar-refractivity contribution in [1.29, 1.82) is 0 Å². The van der Waals surface area contributed by atoms with E-state index in [4.69, 9.17) is 5.73 Å². The molecule has 0 aromatic heterocycles. The van der Waals surface area contributed by atoms with E-state index in [1.165, 1.54) is 12.1 Å². The van der Waals surface area contributed by atoms with E-state index in [1.54, 1.807) is 6.07 Å². The first-order valence-electron chi connectivity index (χ1n) is 6.63. The summed E-state index contributed by atoms with van der Waals surface area (Å²) in [6, 6.07) is 3.39. The number of phenolic OH excluding ortho intramolecular Hbond substituents is 2. The Morgan fingerprint density at radius 1 is 1.24 bits per heavy atom. The minimum absolute atomic E-state index is 0.00282. The SMILES string of the molecule is CC(C)NC(=O)CNC(=O)[C@@H](N)Cc1ccc(O)c(O)c1. The Hall–Kier alpha value is -2.28. The molecular weight excluding hydrogens is 274 g/mol. The molecule has 0 fully saturated rings. The van der Waals surface area contributed by atoms with Crippen LogP contribution in [-0.2, 0) is 16.0 Å². The molecule has 0 aliphatic rings. The molecule has 0 heterocycles. The molecule has 1 atom stereocenters. The number of carbonyl (C=O) groups excluding carboxylic acids is 2. The molecule has 0 saturated heterocycles. The molecule has 7 nitrogen and oxygen atoms in total. The summed E-state index contributed by atoms with van der Waals surface area (Å²) in [6.45, 7) is 3.51. The predicted molar refractivity (Wildman–Crippen MR) is 77.7 cm³/mol. The zero-order valence-corrected chi connectivity index (χ0v) is 12.1. The lowest BCUT2D eigenvalue weighted by atomic mass is 10.1. The van der Waals surface area contributed by atoms with Gasteiger partial charge in [-0.1, -0.05) is 6.07 Å². The second-order valence-corrected chi connectivity index (χ2v) is 5.07. The Kier molecular flexibility index (Phi) is 5.98. The van der Waals surface area contributed by atoms with E-state index in [2.05, 4.69) is 10.6 Å². The maximum atomic E-state index is 11.8. The van der Waals surface area contributed by atoms with Crippen LogP contribution in [0, 0.1) is 0 Å². The second kappa shape index (κ2) is 7.49. The molecule has 0 saturated carbocycles. The number of amides is 2. The van der Waals surface area contributed by atoms with Crippen LogP contribution in [0.1, 0.15) is 19.4 Å². The van der Waals surface area contributed by atoms with Crippen LogP contribution in [0.3, 0.4) is 0 Å². The lowest BCUT2D eigenvalue weighted by Gasteiger charge is -2.13. The monoisotopic (exact) mass is 295 g/mol. The third kappa shape index (κ3) is 5.70. The van der Waals surface area contributed by atoms with Crippen molar-refractivity contribution in [3.63, 3.8) is 0 Å². The van der Waals surface area contributed by atoms with Crippen LogP contribution < -0.4 is 16.4 Å². The van der Waals surface area contributed by atoms with Gasteiger partial charge in [0.2, 0.25) is 11.8 Å². The van der Waals surface area contributed by atoms with Crippen LogP contribution >= 0.6 is 0 Å². The van der Waals surface area contributed by atoms with E-state index in [0.717, 1.165) is 0 Å². The average molecular weight is 295 g/mol. The van der Waals surface area contributed by atoms with Crippen LogP contribution in [0.4, 0.5) is 0 Å². The molecule has 1 aromatic carbocycles. The van der Waals surface area contributed by atoms with Crippen LogP contribution in [-0.4, -0.2) is 40.7 Å². The Bertz CT molecular complexity index is 517. The van der Waals surface area contributed by atoms with Crippen molar-refractivity contribution in [2.24, 2.45) is 5.73 Å². The molecule has 1 rings (SSSR count). The number of carbonyl (C=O) groups is 2. The number of rotatable bonds is 6. The van der Waals surface area contributed by atoms with E-state index >= 15 is 0 Å². The van der Waals surface area contributed by atoms with Gasteiger partial charge < -0.3 is 26.6 Å². The van der Waals surface area contributed by atoms with Gasteiger partial charge >= 0.3 is 0 Å². The molecule has 7 heteroatoms. The van der Waals surface area contributed by atoms with Gasteiger partial charge in [-0.15, -0.1) is 0 Å². The van der Waals surface area contributed by atoms with Crippen LogP contribution in [0.2, 0.25) is 0 Å². The lowest BCUT2D eigenvalue weighted by molar-refractivity contribution is -0.127. The van der Waals surface area contributed by atoms with E-state index < -0.39 is 11.9 Å². The van der Waals surface area contributed by atoms with Crippen LogP contribution in [0.5, 0.6) is 11.5 Å². The third-order valence-corrected chi connectivity index (χ3v) is 2.71.